The molecule has 6 nitrogen and oxygen atoms in total. The third kappa shape index (κ3) is 3.75. The molecular weight excluding hydrogens is 359 g/mol. The fraction of sp³-hybridized carbons (Fsp3) is 0.111. The molecule has 8 heteroatoms. The third-order valence-corrected chi connectivity index (χ3v) is 4.66. The van der Waals surface area contributed by atoms with E-state index in [0.717, 1.165) is 5.56 Å². The first-order valence-electron chi connectivity index (χ1n) is 7.57. The molecule has 0 atom stereocenters. The minimum Gasteiger partial charge on any atom is -0.456 e. The summed E-state index contributed by atoms with van der Waals surface area (Å²) in [5.41, 5.74) is 1.59. The summed E-state index contributed by atoms with van der Waals surface area (Å²) in [7, 11) is 0. The van der Waals surface area contributed by atoms with Crippen LogP contribution in [0, 0.1) is 22.9 Å². The van der Waals surface area contributed by atoms with Crippen LogP contribution in [0.1, 0.15) is 21.6 Å². The molecule has 0 spiro atoms. The molecule has 0 unspecified atom stereocenters. The van der Waals surface area contributed by atoms with E-state index in [9.17, 15) is 19.3 Å². The second kappa shape index (κ2) is 7.40. The van der Waals surface area contributed by atoms with Gasteiger partial charge in [-0.1, -0.05) is 6.07 Å². The molecule has 0 amide bonds. The van der Waals surface area contributed by atoms with Crippen LogP contribution in [0.5, 0.6) is 0 Å². The number of nitrogens with zero attached hydrogens (tertiary/aromatic N) is 2. The number of esters is 1. The van der Waals surface area contributed by atoms with E-state index in [1.54, 1.807) is 17.5 Å². The lowest BCUT2D eigenvalue weighted by Gasteiger charge is -2.06. The van der Waals surface area contributed by atoms with E-state index >= 15 is 0 Å². The first-order valence-corrected chi connectivity index (χ1v) is 8.45. The van der Waals surface area contributed by atoms with Crippen LogP contribution < -0.4 is 0 Å². The van der Waals surface area contributed by atoms with Crippen molar-refractivity contribution in [1.82, 2.24) is 4.98 Å². The van der Waals surface area contributed by atoms with Gasteiger partial charge >= 0.3 is 5.97 Å². The highest BCUT2D eigenvalue weighted by molar-refractivity contribution is 7.13. The van der Waals surface area contributed by atoms with E-state index in [1.165, 1.54) is 48.6 Å². The smallest absolute Gasteiger partial charge is 0.339 e. The van der Waals surface area contributed by atoms with E-state index < -0.39 is 10.9 Å². The zero-order chi connectivity index (χ0) is 18.7. The van der Waals surface area contributed by atoms with Crippen LogP contribution in [0.25, 0.3) is 10.6 Å². The molecule has 2 aromatic carbocycles. The van der Waals surface area contributed by atoms with Crippen molar-refractivity contribution in [1.29, 1.82) is 0 Å². The maximum Gasteiger partial charge on any atom is 0.339 e. The van der Waals surface area contributed by atoms with Gasteiger partial charge in [-0.15, -0.1) is 11.3 Å². The number of carbonyl (C=O) groups is 1. The predicted molar refractivity (Wildman–Crippen MR) is 94.5 cm³/mol. The largest absolute Gasteiger partial charge is 0.456 e. The normalized spacial score (nSPS) is 10.5. The summed E-state index contributed by atoms with van der Waals surface area (Å²) in [6.07, 6.45) is 0. The summed E-state index contributed by atoms with van der Waals surface area (Å²) >= 11 is 1.35. The number of nitro benzene ring substituents is 1. The molecule has 26 heavy (non-hydrogen) atoms. The molecule has 3 rings (SSSR count). The number of ether oxygens (including phenoxy) is 1. The molecule has 0 saturated heterocycles. The van der Waals surface area contributed by atoms with Crippen LogP contribution in [-0.2, 0) is 11.3 Å². The van der Waals surface area contributed by atoms with Crippen molar-refractivity contribution >= 4 is 23.0 Å². The average molecular weight is 372 g/mol. The molecule has 132 valence electrons. The minimum atomic E-state index is -0.650. The molecule has 0 saturated carbocycles. The molecule has 0 aliphatic heterocycles. The second-order valence-corrected chi connectivity index (χ2v) is 6.29. The Kier molecular flexibility index (Phi) is 5.04. The van der Waals surface area contributed by atoms with Crippen LogP contribution in [0.3, 0.4) is 0 Å². The molecular formula is C18H13FN2O4S. The lowest BCUT2D eigenvalue weighted by atomic mass is 10.1. The molecule has 3 aromatic rings. The van der Waals surface area contributed by atoms with Crippen LogP contribution in [0.15, 0.2) is 47.8 Å². The monoisotopic (exact) mass is 372 g/mol. The fourth-order valence-electron chi connectivity index (χ4n) is 2.36. The third-order valence-electron chi connectivity index (χ3n) is 3.72. The Labute approximate surface area is 152 Å². The van der Waals surface area contributed by atoms with Gasteiger partial charge in [-0.3, -0.25) is 10.1 Å². The maximum absolute atomic E-state index is 13.0. The van der Waals surface area contributed by atoms with E-state index in [-0.39, 0.29) is 29.2 Å². The van der Waals surface area contributed by atoms with Gasteiger partial charge in [0.1, 0.15) is 17.4 Å². The molecule has 0 fully saturated rings. The van der Waals surface area contributed by atoms with Gasteiger partial charge < -0.3 is 4.74 Å². The van der Waals surface area contributed by atoms with Crippen LogP contribution >= 0.6 is 11.3 Å². The van der Waals surface area contributed by atoms with E-state index in [1.807, 2.05) is 0 Å². The molecule has 0 bridgehead atoms. The van der Waals surface area contributed by atoms with Crippen LogP contribution in [0.4, 0.5) is 10.1 Å². The number of aromatic nitrogens is 1. The molecule has 1 aromatic heterocycles. The van der Waals surface area contributed by atoms with E-state index in [2.05, 4.69) is 4.98 Å². The van der Waals surface area contributed by atoms with Gasteiger partial charge in [0, 0.05) is 22.6 Å². The number of thiazole rings is 1. The van der Waals surface area contributed by atoms with Crippen molar-refractivity contribution in [3.63, 3.8) is 0 Å². The first kappa shape index (κ1) is 17.7. The van der Waals surface area contributed by atoms with Gasteiger partial charge in [-0.05, 0) is 37.3 Å². The van der Waals surface area contributed by atoms with Crippen molar-refractivity contribution < 1.29 is 18.8 Å². The number of benzene rings is 2. The summed E-state index contributed by atoms with van der Waals surface area (Å²) < 4.78 is 18.2. The molecule has 1 heterocycles. The predicted octanol–water partition coefficient (Wildman–Crippen LogP) is 4.52. The van der Waals surface area contributed by atoms with Gasteiger partial charge in [-0.2, -0.15) is 0 Å². The highest BCUT2D eigenvalue weighted by atomic mass is 32.1. The lowest BCUT2D eigenvalue weighted by molar-refractivity contribution is -0.385. The number of hydrogen-bond donors (Lipinski definition) is 0. The topological polar surface area (TPSA) is 82.3 Å². The van der Waals surface area contributed by atoms with Crippen LogP contribution in [0.2, 0.25) is 0 Å². The highest BCUT2D eigenvalue weighted by Gasteiger charge is 2.19. The van der Waals surface area contributed by atoms with Crippen molar-refractivity contribution in [2.45, 2.75) is 13.5 Å². The summed E-state index contributed by atoms with van der Waals surface area (Å²) in [5, 5.41) is 13.4. The molecule has 0 N–H and O–H groups in total. The van der Waals surface area contributed by atoms with Crippen molar-refractivity contribution in [2.24, 2.45) is 0 Å². The zero-order valence-corrected chi connectivity index (χ0v) is 14.5. The van der Waals surface area contributed by atoms with E-state index in [0.29, 0.717) is 10.7 Å². The number of nitro groups is 1. The first-order chi connectivity index (χ1) is 12.5. The van der Waals surface area contributed by atoms with Gasteiger partial charge in [-0.25, -0.2) is 14.2 Å². The Balaban J connectivity index is 1.70. The zero-order valence-electron chi connectivity index (χ0n) is 13.6. The Morgan fingerprint density at radius 1 is 1.27 bits per heavy atom. The van der Waals surface area contributed by atoms with Crippen molar-refractivity contribution in [2.75, 3.05) is 0 Å². The number of carbonyl (C=O) groups excluding carboxylic acids is 1. The number of halogens is 1. The summed E-state index contributed by atoms with van der Waals surface area (Å²) in [4.78, 5) is 27.0. The number of hydrogen-bond acceptors (Lipinski definition) is 6. The van der Waals surface area contributed by atoms with Gasteiger partial charge in [0.25, 0.3) is 5.69 Å². The molecule has 0 aliphatic rings. The number of rotatable bonds is 5. The standard InChI is InChI=1S/C18H13FN2O4S/c1-11-15(3-2-4-16(11)21(23)24)18(22)25-9-14-10-26-17(20-14)12-5-7-13(19)8-6-12/h2-8,10H,9H2,1H3. The summed E-state index contributed by atoms with van der Waals surface area (Å²) in [6, 6.07) is 10.2. The van der Waals surface area contributed by atoms with Crippen molar-refractivity contribution in [3.05, 3.63) is 80.6 Å². The quantitative estimate of drug-likeness (QED) is 0.373. The van der Waals surface area contributed by atoms with Gasteiger partial charge in [0.05, 0.1) is 16.2 Å². The summed E-state index contributed by atoms with van der Waals surface area (Å²) in [6.45, 7) is 1.45. The van der Waals surface area contributed by atoms with Crippen LogP contribution in [-0.4, -0.2) is 15.9 Å². The lowest BCUT2D eigenvalue weighted by Crippen LogP contribution is -2.08. The average Bonchev–Trinajstić information content (AvgIpc) is 3.09. The Hall–Kier alpha value is -3.13. The molecule has 0 radical (unpaired) electrons. The van der Waals surface area contributed by atoms with Gasteiger partial charge in [0.2, 0.25) is 0 Å². The maximum atomic E-state index is 13.0. The Morgan fingerprint density at radius 3 is 2.69 bits per heavy atom. The SMILES string of the molecule is Cc1c(C(=O)OCc2csc(-c3ccc(F)cc3)n2)cccc1[N+](=O)[O-]. The van der Waals surface area contributed by atoms with Gasteiger partial charge in [0.15, 0.2) is 0 Å². The Morgan fingerprint density at radius 2 is 2.00 bits per heavy atom. The van der Waals surface area contributed by atoms with E-state index in [4.69, 9.17) is 4.74 Å². The Bertz CT molecular complexity index is 970. The fourth-order valence-corrected chi connectivity index (χ4v) is 3.17. The second-order valence-electron chi connectivity index (χ2n) is 5.43. The minimum absolute atomic E-state index is 0.0569. The molecule has 0 aliphatic carbocycles. The summed E-state index contributed by atoms with van der Waals surface area (Å²) in [5.74, 6) is -0.977. The van der Waals surface area contributed by atoms with Crippen molar-refractivity contribution in [3.8, 4) is 10.6 Å². The highest BCUT2D eigenvalue weighted by Crippen LogP contribution is 2.25.